The van der Waals surface area contributed by atoms with Crippen LogP contribution in [-0.4, -0.2) is 16.4 Å². The first-order valence-corrected chi connectivity index (χ1v) is 5.67. The van der Waals surface area contributed by atoms with Crippen molar-refractivity contribution in [3.8, 4) is 0 Å². The van der Waals surface area contributed by atoms with E-state index in [9.17, 15) is 0 Å². The summed E-state index contributed by atoms with van der Waals surface area (Å²) >= 11 is 0. The zero-order valence-electron chi connectivity index (χ0n) is 9.39. The predicted molar refractivity (Wildman–Crippen MR) is 62.9 cm³/mol. The van der Waals surface area contributed by atoms with Crippen LogP contribution in [0, 0.1) is 12.8 Å². The number of benzene rings is 1. The van der Waals surface area contributed by atoms with E-state index in [0.29, 0.717) is 0 Å². The molecule has 2 atom stereocenters. The van der Waals surface area contributed by atoms with Crippen LogP contribution in [-0.2, 0) is 11.3 Å². The lowest BCUT2D eigenvalue weighted by molar-refractivity contribution is -0.00422. The van der Waals surface area contributed by atoms with E-state index in [-0.39, 0.29) is 12.0 Å². The molecule has 1 aliphatic heterocycles. The Morgan fingerprint density at radius 1 is 1.50 bits per heavy atom. The summed E-state index contributed by atoms with van der Waals surface area (Å²) in [6, 6.07) is 8.22. The molecule has 0 saturated heterocycles. The Labute approximate surface area is 95.0 Å². The first-order valence-electron chi connectivity index (χ1n) is 5.67. The Morgan fingerprint density at radius 2 is 2.31 bits per heavy atom. The van der Waals surface area contributed by atoms with Crippen molar-refractivity contribution in [3.63, 3.8) is 0 Å². The normalized spacial score (nSPS) is 21.9. The molecule has 0 unspecified atom stereocenters. The minimum absolute atomic E-state index is 0.0705. The van der Waals surface area contributed by atoms with Gasteiger partial charge in [-0.15, -0.1) is 0 Å². The predicted octanol–water partition coefficient (Wildman–Crippen LogP) is 2.58. The highest BCUT2D eigenvalue weighted by Gasteiger charge is 2.30. The zero-order valence-corrected chi connectivity index (χ0v) is 9.39. The van der Waals surface area contributed by atoms with E-state index in [1.165, 1.54) is 11.1 Å². The Hall–Kier alpha value is -1.48. The first-order chi connectivity index (χ1) is 7.77. The first kappa shape index (κ1) is 9.73. The van der Waals surface area contributed by atoms with E-state index in [2.05, 4.69) is 29.7 Å². The van der Waals surface area contributed by atoms with Crippen LogP contribution >= 0.6 is 0 Å². The van der Waals surface area contributed by atoms with Crippen molar-refractivity contribution in [2.45, 2.75) is 19.6 Å². The molecule has 16 heavy (non-hydrogen) atoms. The van der Waals surface area contributed by atoms with E-state index < -0.39 is 0 Å². The smallest absolute Gasteiger partial charge is 0.142 e. The molecule has 0 radical (unpaired) electrons. The average Bonchev–Trinajstić information content (AvgIpc) is 2.66. The molecule has 0 amide bonds. The molecule has 82 valence electrons. The van der Waals surface area contributed by atoms with Crippen LogP contribution in [0.5, 0.6) is 0 Å². The second-order valence-corrected chi connectivity index (χ2v) is 4.39. The van der Waals surface area contributed by atoms with Crippen LogP contribution in [0.15, 0.2) is 24.3 Å². The van der Waals surface area contributed by atoms with Gasteiger partial charge in [0.15, 0.2) is 0 Å². The highest BCUT2D eigenvalue weighted by atomic mass is 16.5. The number of rotatable bonds is 1. The van der Waals surface area contributed by atoms with Gasteiger partial charge in [-0.25, -0.2) is 0 Å². The largest absolute Gasteiger partial charge is 0.365 e. The molecule has 3 rings (SSSR count). The van der Waals surface area contributed by atoms with Gasteiger partial charge in [-0.05, 0) is 13.0 Å². The molecule has 1 aromatic carbocycles. The SMILES string of the molecule is [CH2+][C@H](C)[C@H]1OCCn2nc3ccccc3c21. The molecule has 0 fully saturated rings. The van der Waals surface area contributed by atoms with Crippen LogP contribution in [0.25, 0.3) is 10.9 Å². The van der Waals surface area contributed by atoms with Crippen molar-refractivity contribution < 1.29 is 4.74 Å². The number of nitrogens with zero attached hydrogens (tertiary/aromatic N) is 2. The Balaban J connectivity index is 2.24. The van der Waals surface area contributed by atoms with Gasteiger partial charge in [0.05, 0.1) is 31.3 Å². The summed E-state index contributed by atoms with van der Waals surface area (Å²) in [6.07, 6.45) is 0.0705. The molecule has 0 bridgehead atoms. The minimum atomic E-state index is 0.0705. The summed E-state index contributed by atoms with van der Waals surface area (Å²) < 4.78 is 7.88. The van der Waals surface area contributed by atoms with Gasteiger partial charge >= 0.3 is 0 Å². The summed E-state index contributed by atoms with van der Waals surface area (Å²) in [5.41, 5.74) is 2.23. The summed E-state index contributed by atoms with van der Waals surface area (Å²) in [7, 11) is 0. The van der Waals surface area contributed by atoms with Crippen molar-refractivity contribution >= 4 is 10.9 Å². The van der Waals surface area contributed by atoms with Gasteiger partial charge < -0.3 is 4.74 Å². The molecule has 0 spiro atoms. The zero-order chi connectivity index (χ0) is 11.1. The highest BCUT2D eigenvalue weighted by Crippen LogP contribution is 2.33. The van der Waals surface area contributed by atoms with E-state index in [1.54, 1.807) is 0 Å². The maximum atomic E-state index is 5.81. The van der Waals surface area contributed by atoms with Crippen LogP contribution in [0.2, 0.25) is 0 Å². The lowest BCUT2D eigenvalue weighted by Crippen LogP contribution is -2.25. The van der Waals surface area contributed by atoms with Crippen molar-refractivity contribution in [2.75, 3.05) is 6.61 Å². The van der Waals surface area contributed by atoms with Crippen molar-refractivity contribution in [3.05, 3.63) is 36.9 Å². The van der Waals surface area contributed by atoms with Crippen molar-refractivity contribution in [1.29, 1.82) is 0 Å². The van der Waals surface area contributed by atoms with Gasteiger partial charge in [-0.2, -0.15) is 5.10 Å². The molecule has 1 aromatic heterocycles. The van der Waals surface area contributed by atoms with Gasteiger partial charge in [-0.3, -0.25) is 4.68 Å². The van der Waals surface area contributed by atoms with Crippen LogP contribution in [0.1, 0.15) is 18.7 Å². The van der Waals surface area contributed by atoms with Crippen molar-refractivity contribution in [1.82, 2.24) is 9.78 Å². The molecular formula is C13H15N2O+. The second kappa shape index (κ2) is 3.52. The lowest BCUT2D eigenvalue weighted by Gasteiger charge is -2.24. The van der Waals surface area contributed by atoms with E-state index >= 15 is 0 Å². The fourth-order valence-corrected chi connectivity index (χ4v) is 2.35. The molecule has 3 nitrogen and oxygen atoms in total. The van der Waals surface area contributed by atoms with E-state index in [4.69, 9.17) is 4.74 Å². The molecule has 0 saturated carbocycles. The topological polar surface area (TPSA) is 27.1 Å². The Morgan fingerprint density at radius 3 is 3.12 bits per heavy atom. The third-order valence-corrected chi connectivity index (χ3v) is 3.07. The van der Waals surface area contributed by atoms with E-state index in [0.717, 1.165) is 18.7 Å². The summed E-state index contributed by atoms with van der Waals surface area (Å²) in [5, 5.41) is 5.79. The van der Waals surface area contributed by atoms with Crippen molar-refractivity contribution in [2.24, 2.45) is 5.92 Å². The monoisotopic (exact) mass is 215 g/mol. The standard InChI is InChI=1S/C13H15N2O/c1-9(2)13-12-10-5-3-4-6-11(10)14-15(12)7-8-16-13/h3-6,9,13H,1,7-8H2,2H3/q+1/t9-,13-/m1/s1. The maximum Gasteiger partial charge on any atom is 0.142 e. The summed E-state index contributed by atoms with van der Waals surface area (Å²) in [6.45, 7) is 7.73. The minimum Gasteiger partial charge on any atom is -0.365 e. The molecule has 3 heteroatoms. The van der Waals surface area contributed by atoms with Crippen LogP contribution < -0.4 is 0 Å². The number of aromatic nitrogens is 2. The number of hydrogen-bond acceptors (Lipinski definition) is 2. The molecule has 2 heterocycles. The summed E-state index contributed by atoms with van der Waals surface area (Å²) in [4.78, 5) is 0. The molecule has 0 N–H and O–H groups in total. The molecular weight excluding hydrogens is 200 g/mol. The second-order valence-electron chi connectivity index (χ2n) is 4.39. The quantitative estimate of drug-likeness (QED) is 0.684. The van der Waals surface area contributed by atoms with Gasteiger partial charge in [0, 0.05) is 5.39 Å². The molecule has 0 aliphatic carbocycles. The highest BCUT2D eigenvalue weighted by molar-refractivity contribution is 5.82. The third kappa shape index (κ3) is 1.32. The third-order valence-electron chi connectivity index (χ3n) is 3.07. The molecule has 2 aromatic rings. The fraction of sp³-hybridized carbons (Fsp3) is 0.385. The average molecular weight is 215 g/mol. The lowest BCUT2D eigenvalue weighted by atomic mass is 10.00. The Kier molecular flexibility index (Phi) is 2.14. The van der Waals surface area contributed by atoms with Gasteiger partial charge in [-0.1, -0.05) is 18.2 Å². The van der Waals surface area contributed by atoms with Gasteiger partial charge in [0.2, 0.25) is 0 Å². The van der Waals surface area contributed by atoms with Crippen LogP contribution in [0.4, 0.5) is 0 Å². The van der Waals surface area contributed by atoms with Gasteiger partial charge in [0.25, 0.3) is 0 Å². The van der Waals surface area contributed by atoms with E-state index in [1.807, 2.05) is 18.2 Å². The Bertz CT molecular complexity index is 516. The molecule has 1 aliphatic rings. The maximum absolute atomic E-state index is 5.81. The summed E-state index contributed by atoms with van der Waals surface area (Å²) in [5.74, 6) is 0.235. The number of fused-ring (bicyclic) bond motifs is 3. The van der Waals surface area contributed by atoms with Gasteiger partial charge in [0.1, 0.15) is 12.0 Å². The van der Waals surface area contributed by atoms with Crippen LogP contribution in [0.3, 0.4) is 0 Å². The fourth-order valence-electron chi connectivity index (χ4n) is 2.35. The number of hydrogen-bond donors (Lipinski definition) is 0. The number of ether oxygens (including phenoxy) is 1.